The Balaban J connectivity index is 0.00000312. The standard InChI is InChI=1S/C14H21N3O5S2.ClH/c1-16(11-14(18)17-9-7-15-8-10-17)24(21,22)13-5-3-12(4-6-13)23(2,19)20;/h3-6,15H,7-11H2,1-2H3;1H. The first-order valence-electron chi connectivity index (χ1n) is 7.37. The summed E-state index contributed by atoms with van der Waals surface area (Å²) in [6, 6.07) is 4.96. The van der Waals surface area contributed by atoms with Gasteiger partial charge in [0.1, 0.15) is 0 Å². The van der Waals surface area contributed by atoms with Gasteiger partial charge in [-0.1, -0.05) is 0 Å². The Bertz CT molecular complexity index is 803. The lowest BCUT2D eigenvalue weighted by molar-refractivity contribution is -0.131. The van der Waals surface area contributed by atoms with Crippen LogP contribution in [0.5, 0.6) is 0 Å². The molecule has 1 aliphatic heterocycles. The van der Waals surface area contributed by atoms with Crippen molar-refractivity contribution in [3.63, 3.8) is 0 Å². The van der Waals surface area contributed by atoms with Crippen LogP contribution in [0.15, 0.2) is 34.1 Å². The van der Waals surface area contributed by atoms with Crippen LogP contribution in [0.3, 0.4) is 0 Å². The second kappa shape index (κ2) is 8.45. The minimum Gasteiger partial charge on any atom is -0.339 e. The number of benzene rings is 1. The Morgan fingerprint density at radius 3 is 2.04 bits per heavy atom. The molecule has 0 radical (unpaired) electrons. The predicted octanol–water partition coefficient (Wildman–Crippen LogP) is -0.436. The minimum absolute atomic E-state index is 0. The number of likely N-dealkylation sites (N-methyl/N-ethyl adjacent to an activating group) is 1. The molecule has 0 bridgehead atoms. The van der Waals surface area contributed by atoms with E-state index in [4.69, 9.17) is 0 Å². The Kier molecular flexibility index (Phi) is 7.39. The molecule has 8 nitrogen and oxygen atoms in total. The van der Waals surface area contributed by atoms with Gasteiger partial charge in [0.25, 0.3) is 0 Å². The largest absolute Gasteiger partial charge is 0.339 e. The molecule has 11 heteroatoms. The maximum absolute atomic E-state index is 12.5. The van der Waals surface area contributed by atoms with Crippen molar-refractivity contribution in [3.05, 3.63) is 24.3 Å². The van der Waals surface area contributed by atoms with Gasteiger partial charge in [-0.2, -0.15) is 4.31 Å². The maximum Gasteiger partial charge on any atom is 0.243 e. The smallest absolute Gasteiger partial charge is 0.243 e. The van der Waals surface area contributed by atoms with Crippen molar-refractivity contribution in [2.45, 2.75) is 9.79 Å². The van der Waals surface area contributed by atoms with Gasteiger partial charge >= 0.3 is 0 Å². The maximum atomic E-state index is 12.5. The lowest BCUT2D eigenvalue weighted by atomic mass is 10.3. The fraction of sp³-hybridized carbons (Fsp3) is 0.500. The summed E-state index contributed by atoms with van der Waals surface area (Å²) in [4.78, 5) is 13.8. The third-order valence-corrected chi connectivity index (χ3v) is 6.73. The molecule has 1 N–H and O–H groups in total. The highest BCUT2D eigenvalue weighted by Crippen LogP contribution is 2.17. The molecule has 1 saturated heterocycles. The molecule has 2 rings (SSSR count). The predicted molar refractivity (Wildman–Crippen MR) is 96.1 cm³/mol. The number of nitrogens with one attached hydrogen (secondary N) is 1. The summed E-state index contributed by atoms with van der Waals surface area (Å²) in [6.07, 6.45) is 1.05. The third-order valence-electron chi connectivity index (χ3n) is 3.79. The van der Waals surface area contributed by atoms with Gasteiger partial charge in [0, 0.05) is 39.5 Å². The number of hydrogen-bond acceptors (Lipinski definition) is 6. The van der Waals surface area contributed by atoms with Gasteiger partial charge in [0.2, 0.25) is 15.9 Å². The van der Waals surface area contributed by atoms with Gasteiger partial charge in [-0.05, 0) is 24.3 Å². The molecule has 1 amide bonds. The highest BCUT2D eigenvalue weighted by Gasteiger charge is 2.26. The summed E-state index contributed by atoms with van der Waals surface area (Å²) >= 11 is 0. The summed E-state index contributed by atoms with van der Waals surface area (Å²) < 4.78 is 48.9. The molecule has 0 aromatic heterocycles. The van der Waals surface area contributed by atoms with E-state index in [0.717, 1.165) is 10.6 Å². The van der Waals surface area contributed by atoms with Crippen LogP contribution in [-0.4, -0.2) is 78.0 Å². The van der Waals surface area contributed by atoms with Crippen LogP contribution in [0.25, 0.3) is 0 Å². The van der Waals surface area contributed by atoms with Crippen LogP contribution in [0, 0.1) is 0 Å². The van der Waals surface area contributed by atoms with Gasteiger partial charge < -0.3 is 10.2 Å². The van der Waals surface area contributed by atoms with E-state index in [1.54, 1.807) is 4.90 Å². The normalized spacial score (nSPS) is 15.7. The van der Waals surface area contributed by atoms with Crippen LogP contribution < -0.4 is 5.32 Å². The van der Waals surface area contributed by atoms with Crippen molar-refractivity contribution < 1.29 is 21.6 Å². The number of carbonyl (C=O) groups excluding carboxylic acids is 1. The summed E-state index contributed by atoms with van der Waals surface area (Å²) in [6.45, 7) is 2.23. The number of hydrogen-bond donors (Lipinski definition) is 1. The van der Waals surface area contributed by atoms with Crippen molar-refractivity contribution in [2.24, 2.45) is 0 Å². The molecule has 1 heterocycles. The zero-order chi connectivity index (χ0) is 18.0. The van der Waals surface area contributed by atoms with Crippen molar-refractivity contribution in [2.75, 3.05) is 46.0 Å². The molecule has 0 atom stereocenters. The van der Waals surface area contributed by atoms with Crippen molar-refractivity contribution in [1.29, 1.82) is 0 Å². The van der Waals surface area contributed by atoms with Crippen LogP contribution in [0.1, 0.15) is 0 Å². The van der Waals surface area contributed by atoms with Crippen molar-refractivity contribution >= 4 is 38.2 Å². The Morgan fingerprint density at radius 2 is 1.56 bits per heavy atom. The molecule has 142 valence electrons. The first-order chi connectivity index (χ1) is 11.1. The molecular formula is C14H22ClN3O5S2. The first-order valence-corrected chi connectivity index (χ1v) is 10.7. The van der Waals surface area contributed by atoms with Gasteiger partial charge in [-0.25, -0.2) is 16.8 Å². The molecule has 25 heavy (non-hydrogen) atoms. The molecule has 0 unspecified atom stereocenters. The highest BCUT2D eigenvalue weighted by atomic mass is 35.5. The molecule has 1 aromatic rings. The lowest BCUT2D eigenvalue weighted by Crippen LogP contribution is -2.49. The number of nitrogens with zero attached hydrogens (tertiary/aromatic N) is 2. The Morgan fingerprint density at radius 1 is 1.08 bits per heavy atom. The van der Waals surface area contributed by atoms with Crippen molar-refractivity contribution in [3.8, 4) is 0 Å². The number of carbonyl (C=O) groups is 1. The number of sulfone groups is 1. The summed E-state index contributed by atoms with van der Waals surface area (Å²) in [5.74, 6) is -0.254. The van der Waals surface area contributed by atoms with E-state index >= 15 is 0 Å². The lowest BCUT2D eigenvalue weighted by Gasteiger charge is -2.29. The van der Waals surface area contributed by atoms with E-state index in [1.807, 2.05) is 0 Å². The van der Waals surface area contributed by atoms with Crippen LogP contribution in [-0.2, 0) is 24.7 Å². The van der Waals surface area contributed by atoms with E-state index in [1.165, 1.54) is 31.3 Å². The Labute approximate surface area is 154 Å². The van der Waals surface area contributed by atoms with E-state index in [2.05, 4.69) is 5.32 Å². The number of sulfonamides is 1. The fourth-order valence-corrected chi connectivity index (χ4v) is 4.08. The molecule has 0 spiro atoms. The van der Waals surface area contributed by atoms with E-state index < -0.39 is 19.9 Å². The zero-order valence-corrected chi connectivity index (χ0v) is 16.5. The molecular weight excluding hydrogens is 390 g/mol. The second-order valence-electron chi connectivity index (χ2n) is 5.64. The molecule has 0 saturated carbocycles. The zero-order valence-electron chi connectivity index (χ0n) is 14.0. The first kappa shape index (κ1) is 21.8. The molecule has 0 aliphatic carbocycles. The molecule has 1 aliphatic rings. The summed E-state index contributed by atoms with van der Waals surface area (Å²) in [7, 11) is -5.92. The third kappa shape index (κ3) is 5.38. The van der Waals surface area contributed by atoms with E-state index in [9.17, 15) is 21.6 Å². The molecule has 1 fully saturated rings. The summed E-state index contributed by atoms with van der Waals surface area (Å²) in [5.41, 5.74) is 0. The van der Waals surface area contributed by atoms with Crippen molar-refractivity contribution in [1.82, 2.24) is 14.5 Å². The Hall–Kier alpha value is -1.20. The quantitative estimate of drug-likeness (QED) is 0.704. The van der Waals surface area contributed by atoms with Crippen LogP contribution in [0.2, 0.25) is 0 Å². The van der Waals surface area contributed by atoms with Gasteiger partial charge in [-0.3, -0.25) is 4.79 Å². The average molecular weight is 412 g/mol. The fourth-order valence-electron chi connectivity index (χ4n) is 2.33. The SMILES string of the molecule is CN(CC(=O)N1CCNCC1)S(=O)(=O)c1ccc(S(C)(=O)=O)cc1.Cl. The minimum atomic E-state index is -3.86. The number of piperazine rings is 1. The van der Waals surface area contributed by atoms with E-state index in [0.29, 0.717) is 26.2 Å². The number of amides is 1. The van der Waals surface area contributed by atoms with Gasteiger partial charge in [0.05, 0.1) is 16.3 Å². The average Bonchev–Trinajstić information content (AvgIpc) is 2.54. The topological polar surface area (TPSA) is 104 Å². The molecule has 1 aromatic carbocycles. The van der Waals surface area contributed by atoms with Crippen LogP contribution >= 0.6 is 12.4 Å². The van der Waals surface area contributed by atoms with Gasteiger partial charge in [0.15, 0.2) is 9.84 Å². The number of rotatable bonds is 5. The monoisotopic (exact) mass is 411 g/mol. The number of halogens is 1. The summed E-state index contributed by atoms with van der Waals surface area (Å²) in [5, 5.41) is 3.12. The highest BCUT2D eigenvalue weighted by molar-refractivity contribution is 7.90. The van der Waals surface area contributed by atoms with E-state index in [-0.39, 0.29) is 34.6 Å². The van der Waals surface area contributed by atoms with Gasteiger partial charge in [-0.15, -0.1) is 12.4 Å². The second-order valence-corrected chi connectivity index (χ2v) is 9.70. The van der Waals surface area contributed by atoms with Crippen LogP contribution in [0.4, 0.5) is 0 Å².